The molecule has 0 bridgehead atoms. The molecule has 0 fully saturated rings. The van der Waals surface area contributed by atoms with Gasteiger partial charge in [-0.2, -0.15) is 5.26 Å². The highest BCUT2D eigenvalue weighted by Gasteiger charge is 2.11. The van der Waals surface area contributed by atoms with Gasteiger partial charge in [0.25, 0.3) is 0 Å². The van der Waals surface area contributed by atoms with E-state index in [9.17, 15) is 4.79 Å². The second-order valence-electron chi connectivity index (χ2n) is 4.52. The molecule has 0 aliphatic carbocycles. The van der Waals surface area contributed by atoms with Crippen molar-refractivity contribution in [3.8, 4) is 6.07 Å². The normalized spacial score (nSPS) is 10.5. The minimum absolute atomic E-state index is 0.0430. The molecule has 0 unspecified atom stereocenters. The highest BCUT2D eigenvalue weighted by Crippen LogP contribution is 2.22. The fourth-order valence-corrected chi connectivity index (χ4v) is 3.41. The summed E-state index contributed by atoms with van der Waals surface area (Å²) in [6.45, 7) is 4.60. The van der Waals surface area contributed by atoms with Crippen LogP contribution in [0.1, 0.15) is 23.8 Å². The Morgan fingerprint density at radius 2 is 2.24 bits per heavy atom. The minimum Gasteiger partial charge on any atom is -0.317 e. The number of hydrogen-bond acceptors (Lipinski definition) is 5. The lowest BCUT2D eigenvalue weighted by atomic mass is 10.3. The van der Waals surface area contributed by atoms with E-state index in [1.165, 1.54) is 16.2 Å². The zero-order valence-electron chi connectivity index (χ0n) is 11.8. The zero-order valence-corrected chi connectivity index (χ0v) is 13.5. The highest BCUT2D eigenvalue weighted by atomic mass is 32.1. The van der Waals surface area contributed by atoms with Crippen LogP contribution in [0.3, 0.4) is 0 Å². The van der Waals surface area contributed by atoms with E-state index in [1.54, 1.807) is 17.4 Å². The number of nitriles is 1. The number of carbonyl (C=O) groups is 1. The van der Waals surface area contributed by atoms with Crippen molar-refractivity contribution >= 4 is 33.6 Å². The number of anilines is 1. The minimum atomic E-state index is -0.0430. The van der Waals surface area contributed by atoms with Crippen molar-refractivity contribution in [2.45, 2.75) is 19.9 Å². The number of carbonyl (C=O) groups excluding carboxylic acids is 1. The maximum Gasteiger partial charge on any atom is 0.226 e. The first-order chi connectivity index (χ1) is 10.2. The Hall–Kier alpha value is -1.68. The smallest absolute Gasteiger partial charge is 0.226 e. The number of amides is 1. The van der Waals surface area contributed by atoms with Crippen molar-refractivity contribution in [2.75, 3.05) is 18.4 Å². The monoisotopic (exact) mass is 319 g/mol. The Bertz CT molecular complexity index is 613. The van der Waals surface area contributed by atoms with E-state index in [0.717, 1.165) is 13.1 Å². The third-order valence-corrected chi connectivity index (χ3v) is 4.79. The molecule has 2 rings (SSSR count). The Balaban J connectivity index is 1.81. The van der Waals surface area contributed by atoms with Crippen LogP contribution in [0.15, 0.2) is 29.0 Å². The van der Waals surface area contributed by atoms with E-state index in [1.807, 2.05) is 11.4 Å². The summed E-state index contributed by atoms with van der Waals surface area (Å²) < 4.78 is 0. The molecular formula is C15H17N3OS2. The van der Waals surface area contributed by atoms with Gasteiger partial charge < -0.3 is 5.32 Å². The summed E-state index contributed by atoms with van der Waals surface area (Å²) in [7, 11) is 0. The van der Waals surface area contributed by atoms with Crippen LogP contribution in [0.25, 0.3) is 0 Å². The van der Waals surface area contributed by atoms with Gasteiger partial charge >= 0.3 is 0 Å². The zero-order chi connectivity index (χ0) is 15.1. The average Bonchev–Trinajstić information content (AvgIpc) is 3.14. The number of rotatable bonds is 7. The number of nitrogens with one attached hydrogen (secondary N) is 1. The molecule has 1 amide bonds. The first-order valence-corrected chi connectivity index (χ1v) is 8.51. The van der Waals surface area contributed by atoms with E-state index in [4.69, 9.17) is 5.26 Å². The second kappa shape index (κ2) is 7.93. The first-order valence-electron chi connectivity index (χ1n) is 6.75. The predicted octanol–water partition coefficient (Wildman–Crippen LogP) is 3.53. The van der Waals surface area contributed by atoms with Gasteiger partial charge in [-0.1, -0.05) is 13.0 Å². The summed E-state index contributed by atoms with van der Waals surface area (Å²) in [5.74, 6) is -0.0430. The van der Waals surface area contributed by atoms with Crippen LogP contribution < -0.4 is 5.32 Å². The van der Waals surface area contributed by atoms with Gasteiger partial charge in [-0.25, -0.2) is 0 Å². The maximum absolute atomic E-state index is 12.0. The van der Waals surface area contributed by atoms with Gasteiger partial charge in [0, 0.05) is 24.4 Å². The van der Waals surface area contributed by atoms with Crippen molar-refractivity contribution in [1.82, 2.24) is 4.90 Å². The summed E-state index contributed by atoms with van der Waals surface area (Å²) >= 11 is 3.11. The summed E-state index contributed by atoms with van der Waals surface area (Å²) in [4.78, 5) is 15.5. The largest absolute Gasteiger partial charge is 0.317 e. The molecule has 0 aromatic carbocycles. The molecule has 0 aliphatic rings. The number of nitrogens with zero attached hydrogens (tertiary/aromatic N) is 2. The van der Waals surface area contributed by atoms with Crippen molar-refractivity contribution < 1.29 is 4.79 Å². The molecule has 0 saturated heterocycles. The van der Waals surface area contributed by atoms with Crippen molar-refractivity contribution in [3.05, 3.63) is 39.4 Å². The van der Waals surface area contributed by atoms with E-state index in [0.29, 0.717) is 23.5 Å². The molecule has 2 aromatic rings. The predicted molar refractivity (Wildman–Crippen MR) is 87.6 cm³/mol. The summed E-state index contributed by atoms with van der Waals surface area (Å²) in [6.07, 6.45) is 0.433. The molecule has 110 valence electrons. The molecule has 0 spiro atoms. The van der Waals surface area contributed by atoms with Crippen molar-refractivity contribution in [2.24, 2.45) is 0 Å². The molecule has 2 aromatic heterocycles. The van der Waals surface area contributed by atoms with Gasteiger partial charge in [-0.05, 0) is 29.4 Å². The molecule has 21 heavy (non-hydrogen) atoms. The molecule has 0 atom stereocenters. The molecule has 2 heterocycles. The van der Waals surface area contributed by atoms with Crippen LogP contribution in [-0.4, -0.2) is 23.9 Å². The lowest BCUT2D eigenvalue weighted by Crippen LogP contribution is -2.27. The molecular weight excluding hydrogens is 302 g/mol. The Morgan fingerprint density at radius 1 is 1.38 bits per heavy atom. The first kappa shape index (κ1) is 15.7. The lowest BCUT2D eigenvalue weighted by Gasteiger charge is -2.19. The van der Waals surface area contributed by atoms with E-state index < -0.39 is 0 Å². The van der Waals surface area contributed by atoms with Crippen molar-refractivity contribution in [1.29, 1.82) is 5.26 Å². The van der Waals surface area contributed by atoms with E-state index in [2.05, 4.69) is 34.7 Å². The third-order valence-electron chi connectivity index (χ3n) is 3.10. The fraction of sp³-hybridized carbons (Fsp3) is 0.333. The fourth-order valence-electron chi connectivity index (χ4n) is 1.91. The lowest BCUT2D eigenvalue weighted by molar-refractivity contribution is -0.116. The molecule has 6 heteroatoms. The molecule has 0 radical (unpaired) electrons. The van der Waals surface area contributed by atoms with Crippen LogP contribution in [-0.2, 0) is 11.3 Å². The number of thiophene rings is 2. The Kier molecular flexibility index (Phi) is 5.93. The van der Waals surface area contributed by atoms with Gasteiger partial charge in [-0.3, -0.25) is 9.69 Å². The summed E-state index contributed by atoms with van der Waals surface area (Å²) in [6, 6.07) is 7.94. The van der Waals surface area contributed by atoms with Gasteiger partial charge in [0.05, 0.1) is 5.56 Å². The summed E-state index contributed by atoms with van der Waals surface area (Å²) in [5, 5.41) is 16.2. The van der Waals surface area contributed by atoms with Crippen LogP contribution in [0.5, 0.6) is 0 Å². The maximum atomic E-state index is 12.0. The van der Waals surface area contributed by atoms with Crippen LogP contribution in [0.4, 0.5) is 5.00 Å². The SMILES string of the molecule is CCN(CCC(=O)Nc1sccc1C#N)Cc1cccs1. The molecule has 1 N–H and O–H groups in total. The molecule has 0 saturated carbocycles. The molecule has 4 nitrogen and oxygen atoms in total. The Labute approximate surface area is 132 Å². The molecule has 0 aliphatic heterocycles. The van der Waals surface area contributed by atoms with Gasteiger partial charge in [0.1, 0.15) is 11.1 Å². The van der Waals surface area contributed by atoms with Gasteiger partial charge in [0.15, 0.2) is 0 Å². The van der Waals surface area contributed by atoms with E-state index in [-0.39, 0.29) is 5.91 Å². The average molecular weight is 319 g/mol. The van der Waals surface area contributed by atoms with Crippen LogP contribution >= 0.6 is 22.7 Å². The number of hydrogen-bond donors (Lipinski definition) is 1. The van der Waals surface area contributed by atoms with Crippen LogP contribution in [0, 0.1) is 11.3 Å². The summed E-state index contributed by atoms with van der Waals surface area (Å²) in [5.41, 5.74) is 0.527. The van der Waals surface area contributed by atoms with Gasteiger partial charge in [-0.15, -0.1) is 22.7 Å². The standard InChI is InChI=1S/C15H17N3OS2/c1-2-18(11-13-4-3-8-20-13)7-5-14(19)17-15-12(10-16)6-9-21-15/h3-4,6,8-9H,2,5,7,11H2,1H3,(H,17,19). The second-order valence-corrected chi connectivity index (χ2v) is 6.47. The highest BCUT2D eigenvalue weighted by molar-refractivity contribution is 7.14. The van der Waals surface area contributed by atoms with Gasteiger partial charge in [0.2, 0.25) is 5.91 Å². The Morgan fingerprint density at radius 3 is 2.90 bits per heavy atom. The topological polar surface area (TPSA) is 56.1 Å². The quantitative estimate of drug-likeness (QED) is 0.849. The third kappa shape index (κ3) is 4.67. The van der Waals surface area contributed by atoms with Crippen molar-refractivity contribution in [3.63, 3.8) is 0 Å². The van der Waals surface area contributed by atoms with Crippen LogP contribution in [0.2, 0.25) is 0 Å². The van der Waals surface area contributed by atoms with E-state index >= 15 is 0 Å².